The number of nitrogens with one attached hydrogen (secondary N) is 1. The van der Waals surface area contributed by atoms with E-state index in [1.54, 1.807) is 6.07 Å². The quantitative estimate of drug-likeness (QED) is 0.802. The number of ether oxygens (including phenoxy) is 1. The molecule has 7 heteroatoms. The maximum absolute atomic E-state index is 12.0. The van der Waals surface area contributed by atoms with Gasteiger partial charge in [-0.1, -0.05) is 0 Å². The smallest absolute Gasteiger partial charge is 0.244 e. The molecule has 1 atom stereocenters. The molecule has 0 bridgehead atoms. The number of nitrogens with zero attached hydrogens (tertiary/aromatic N) is 1. The average molecular weight is 257 g/mol. The summed E-state index contributed by atoms with van der Waals surface area (Å²) in [6.07, 6.45) is 3.09. The topological polar surface area (TPSA) is 94.3 Å². The lowest BCUT2D eigenvalue weighted by molar-refractivity contribution is 0.0774. The van der Waals surface area contributed by atoms with Gasteiger partial charge in [0.25, 0.3) is 0 Å². The molecular weight excluding hydrogens is 242 g/mol. The second kappa shape index (κ2) is 4.99. The second-order valence-corrected chi connectivity index (χ2v) is 5.60. The Morgan fingerprint density at radius 2 is 2.35 bits per heavy atom. The van der Waals surface area contributed by atoms with Crippen molar-refractivity contribution in [3.63, 3.8) is 0 Å². The van der Waals surface area contributed by atoms with E-state index in [1.807, 2.05) is 0 Å². The van der Waals surface area contributed by atoms with Gasteiger partial charge >= 0.3 is 0 Å². The first kappa shape index (κ1) is 12.3. The predicted octanol–water partition coefficient (Wildman–Crippen LogP) is 0.121. The zero-order valence-corrected chi connectivity index (χ0v) is 10.1. The van der Waals surface area contributed by atoms with E-state index in [1.165, 1.54) is 12.3 Å². The van der Waals surface area contributed by atoms with Crippen LogP contribution in [0.15, 0.2) is 23.2 Å². The highest BCUT2D eigenvalue weighted by atomic mass is 32.2. The summed E-state index contributed by atoms with van der Waals surface area (Å²) in [5.41, 5.74) is 5.55. The monoisotopic (exact) mass is 257 g/mol. The van der Waals surface area contributed by atoms with Gasteiger partial charge < -0.3 is 10.5 Å². The van der Waals surface area contributed by atoms with Crippen LogP contribution in [-0.4, -0.2) is 32.7 Å². The maximum Gasteiger partial charge on any atom is 0.244 e. The van der Waals surface area contributed by atoms with E-state index in [9.17, 15) is 8.42 Å². The van der Waals surface area contributed by atoms with Gasteiger partial charge in [-0.3, -0.25) is 0 Å². The Morgan fingerprint density at radius 3 is 3.00 bits per heavy atom. The van der Waals surface area contributed by atoms with Crippen molar-refractivity contribution in [2.24, 2.45) is 0 Å². The molecule has 0 aromatic carbocycles. The maximum atomic E-state index is 12.0. The van der Waals surface area contributed by atoms with E-state index in [4.69, 9.17) is 10.5 Å². The molecule has 17 heavy (non-hydrogen) atoms. The lowest BCUT2D eigenvalue weighted by Crippen LogP contribution is -2.40. The van der Waals surface area contributed by atoms with Gasteiger partial charge in [0.05, 0.1) is 6.61 Å². The van der Waals surface area contributed by atoms with Gasteiger partial charge in [0.1, 0.15) is 10.7 Å². The fraction of sp³-hybridized carbons (Fsp3) is 0.500. The van der Waals surface area contributed by atoms with Crippen molar-refractivity contribution in [3.8, 4) is 0 Å². The Morgan fingerprint density at radius 1 is 1.53 bits per heavy atom. The number of nitrogen functional groups attached to an aromatic ring is 1. The summed E-state index contributed by atoms with van der Waals surface area (Å²) in [4.78, 5) is 3.78. The summed E-state index contributed by atoms with van der Waals surface area (Å²) in [5, 5.41) is 0. The SMILES string of the molecule is Nc1ncccc1S(=O)(=O)NC1CCCOC1. The Kier molecular flexibility index (Phi) is 3.60. The zero-order chi connectivity index (χ0) is 12.3. The third-order valence-electron chi connectivity index (χ3n) is 2.57. The highest BCUT2D eigenvalue weighted by molar-refractivity contribution is 7.89. The van der Waals surface area contributed by atoms with E-state index >= 15 is 0 Å². The molecular formula is C10H15N3O3S. The lowest BCUT2D eigenvalue weighted by Gasteiger charge is -2.23. The van der Waals surface area contributed by atoms with E-state index in [0.29, 0.717) is 13.2 Å². The number of hydrogen-bond donors (Lipinski definition) is 2. The molecule has 1 aliphatic heterocycles. The first-order valence-corrected chi connectivity index (χ1v) is 6.88. The van der Waals surface area contributed by atoms with E-state index in [2.05, 4.69) is 9.71 Å². The van der Waals surface area contributed by atoms with Gasteiger partial charge in [-0.2, -0.15) is 0 Å². The molecule has 2 heterocycles. The molecule has 0 saturated carbocycles. The summed E-state index contributed by atoms with van der Waals surface area (Å²) in [6.45, 7) is 1.09. The second-order valence-electron chi connectivity index (χ2n) is 3.92. The van der Waals surface area contributed by atoms with E-state index in [0.717, 1.165) is 12.8 Å². The number of anilines is 1. The third-order valence-corrected chi connectivity index (χ3v) is 4.14. The average Bonchev–Trinajstić information content (AvgIpc) is 2.30. The molecule has 94 valence electrons. The Bertz CT molecular complexity index is 483. The first-order valence-electron chi connectivity index (χ1n) is 5.40. The lowest BCUT2D eigenvalue weighted by atomic mass is 10.1. The largest absolute Gasteiger partial charge is 0.383 e. The molecule has 1 saturated heterocycles. The standard InChI is InChI=1S/C10H15N3O3S/c11-10-9(4-1-5-12-10)17(14,15)13-8-3-2-6-16-7-8/h1,4-5,8,13H,2-3,6-7H2,(H2,11,12). The Labute approximate surface area is 100 Å². The van der Waals surface area contributed by atoms with Crippen molar-refractivity contribution in [1.82, 2.24) is 9.71 Å². The van der Waals surface area contributed by atoms with Crippen LogP contribution in [-0.2, 0) is 14.8 Å². The molecule has 0 radical (unpaired) electrons. The van der Waals surface area contributed by atoms with Crippen LogP contribution in [0.3, 0.4) is 0 Å². The molecule has 2 rings (SSSR count). The molecule has 1 aromatic rings. The van der Waals surface area contributed by atoms with Crippen molar-refractivity contribution in [2.45, 2.75) is 23.8 Å². The summed E-state index contributed by atoms with van der Waals surface area (Å²) < 4.78 is 31.9. The summed E-state index contributed by atoms with van der Waals surface area (Å²) >= 11 is 0. The predicted molar refractivity (Wildman–Crippen MR) is 62.8 cm³/mol. The fourth-order valence-corrected chi connectivity index (χ4v) is 3.08. The minimum absolute atomic E-state index is 0.0109. The number of hydrogen-bond acceptors (Lipinski definition) is 5. The summed E-state index contributed by atoms with van der Waals surface area (Å²) in [5.74, 6) is 0.0109. The van der Waals surface area contributed by atoms with Crippen molar-refractivity contribution >= 4 is 15.8 Å². The van der Waals surface area contributed by atoms with Crippen LogP contribution in [0.1, 0.15) is 12.8 Å². The molecule has 0 amide bonds. The highest BCUT2D eigenvalue weighted by Gasteiger charge is 2.24. The van der Waals surface area contributed by atoms with Gasteiger partial charge in [0.2, 0.25) is 10.0 Å². The summed E-state index contributed by atoms with van der Waals surface area (Å²) in [7, 11) is -3.61. The molecule has 0 spiro atoms. The minimum atomic E-state index is -3.61. The van der Waals surface area contributed by atoms with Gasteiger partial charge in [0.15, 0.2) is 0 Å². The van der Waals surface area contributed by atoms with Gasteiger partial charge in [-0.05, 0) is 25.0 Å². The van der Waals surface area contributed by atoms with Crippen LogP contribution < -0.4 is 10.5 Å². The van der Waals surface area contributed by atoms with Crippen molar-refractivity contribution in [3.05, 3.63) is 18.3 Å². The first-order chi connectivity index (χ1) is 8.09. The Balaban J connectivity index is 2.16. The number of pyridine rings is 1. The van der Waals surface area contributed by atoms with Crippen molar-refractivity contribution in [1.29, 1.82) is 0 Å². The molecule has 1 aliphatic rings. The minimum Gasteiger partial charge on any atom is -0.383 e. The Hall–Kier alpha value is -1.18. The third kappa shape index (κ3) is 2.93. The molecule has 1 fully saturated rings. The van der Waals surface area contributed by atoms with Crippen LogP contribution in [0.4, 0.5) is 5.82 Å². The zero-order valence-electron chi connectivity index (χ0n) is 9.30. The fourth-order valence-electron chi connectivity index (χ4n) is 1.75. The van der Waals surface area contributed by atoms with Crippen LogP contribution >= 0.6 is 0 Å². The number of nitrogens with two attached hydrogens (primary N) is 1. The summed E-state index contributed by atoms with van der Waals surface area (Å²) in [6, 6.07) is 2.80. The van der Waals surface area contributed by atoms with Gasteiger partial charge in [-0.15, -0.1) is 0 Å². The van der Waals surface area contributed by atoms with Crippen molar-refractivity contribution < 1.29 is 13.2 Å². The van der Waals surface area contributed by atoms with Crippen LogP contribution in [0.5, 0.6) is 0 Å². The molecule has 1 unspecified atom stereocenters. The van der Waals surface area contributed by atoms with E-state index in [-0.39, 0.29) is 16.8 Å². The number of sulfonamides is 1. The van der Waals surface area contributed by atoms with Crippen LogP contribution in [0, 0.1) is 0 Å². The number of aromatic nitrogens is 1. The highest BCUT2D eigenvalue weighted by Crippen LogP contribution is 2.16. The van der Waals surface area contributed by atoms with Gasteiger partial charge in [0, 0.05) is 18.8 Å². The molecule has 0 aliphatic carbocycles. The molecule has 6 nitrogen and oxygen atoms in total. The molecule has 3 N–H and O–H groups in total. The van der Waals surface area contributed by atoms with Crippen LogP contribution in [0.2, 0.25) is 0 Å². The van der Waals surface area contributed by atoms with E-state index < -0.39 is 10.0 Å². The number of rotatable bonds is 3. The van der Waals surface area contributed by atoms with Crippen LogP contribution in [0.25, 0.3) is 0 Å². The normalized spacial score (nSPS) is 21.3. The molecule has 1 aromatic heterocycles. The van der Waals surface area contributed by atoms with Gasteiger partial charge in [-0.25, -0.2) is 18.1 Å². The van der Waals surface area contributed by atoms with Crippen molar-refractivity contribution in [2.75, 3.05) is 18.9 Å².